The Hall–Kier alpha value is -1.68. The number of aromatic amines is 1. The van der Waals surface area contributed by atoms with Crippen molar-refractivity contribution >= 4 is 10.0 Å². The maximum absolute atomic E-state index is 13.4. The summed E-state index contributed by atoms with van der Waals surface area (Å²) in [5, 5.41) is 6.72. The number of fused-ring (bicyclic) bond motifs is 1. The van der Waals surface area contributed by atoms with Gasteiger partial charge in [0.25, 0.3) is 0 Å². The van der Waals surface area contributed by atoms with Gasteiger partial charge in [0.05, 0.1) is 11.7 Å². The minimum Gasteiger partial charge on any atom is -0.458 e. The Morgan fingerprint density at radius 1 is 1.43 bits per heavy atom. The van der Waals surface area contributed by atoms with Crippen molar-refractivity contribution < 1.29 is 17.6 Å². The molecule has 4 atom stereocenters. The number of hydrogen-bond donors (Lipinski definition) is 1. The van der Waals surface area contributed by atoms with E-state index in [-0.39, 0.29) is 22.5 Å². The average molecular weight is 407 g/mol. The molecule has 1 N–H and O–H groups in total. The lowest BCUT2D eigenvalue weighted by Crippen LogP contribution is -2.40. The molecule has 28 heavy (non-hydrogen) atoms. The van der Waals surface area contributed by atoms with Gasteiger partial charge in [0.15, 0.2) is 5.76 Å². The van der Waals surface area contributed by atoms with Crippen molar-refractivity contribution in [2.45, 2.75) is 36.4 Å². The van der Waals surface area contributed by atoms with E-state index in [1.165, 1.54) is 0 Å². The average Bonchev–Trinajstić information content (AvgIpc) is 3.41. The third kappa shape index (κ3) is 2.60. The molecule has 3 aliphatic heterocycles. The molecule has 2 bridgehead atoms. The molecule has 9 heteroatoms. The van der Waals surface area contributed by atoms with Crippen LogP contribution in [0.4, 0.5) is 0 Å². The number of hydrogen-bond acceptors (Lipinski definition) is 6. The van der Waals surface area contributed by atoms with Gasteiger partial charge in [0.1, 0.15) is 16.3 Å². The fourth-order valence-corrected chi connectivity index (χ4v) is 7.07. The van der Waals surface area contributed by atoms with Crippen LogP contribution in [0.1, 0.15) is 18.6 Å². The molecule has 1 spiro atoms. The summed E-state index contributed by atoms with van der Waals surface area (Å²) in [6, 6.07) is 3.35. The number of furan rings is 1. The number of H-pyrrole nitrogens is 1. The molecule has 5 rings (SSSR count). The van der Waals surface area contributed by atoms with Gasteiger partial charge in [-0.25, -0.2) is 8.42 Å². The SMILES string of the molecule is Cc1oc(-c2ccn[nH]2)cc1S(=O)(=O)N1C[C@@H]2[C@H](CN(C)C)[C@H]3CC[C@]2(C1)O3. The van der Waals surface area contributed by atoms with Gasteiger partial charge in [0, 0.05) is 43.7 Å². The van der Waals surface area contributed by atoms with Crippen LogP contribution < -0.4 is 0 Å². The van der Waals surface area contributed by atoms with Crippen molar-refractivity contribution in [2.24, 2.45) is 11.8 Å². The fraction of sp³-hybridized carbons (Fsp3) is 0.632. The Kier molecular flexibility index (Phi) is 4.04. The molecule has 3 saturated heterocycles. The quantitative estimate of drug-likeness (QED) is 0.813. The molecule has 2 aromatic rings. The first-order valence-electron chi connectivity index (χ1n) is 9.73. The summed E-state index contributed by atoms with van der Waals surface area (Å²) in [6.07, 6.45) is 3.85. The Morgan fingerprint density at radius 3 is 2.96 bits per heavy atom. The number of nitrogens with one attached hydrogen (secondary N) is 1. The molecule has 0 unspecified atom stereocenters. The van der Waals surface area contributed by atoms with E-state index in [9.17, 15) is 8.42 Å². The Bertz CT molecular complexity index is 984. The molecule has 0 amide bonds. The van der Waals surface area contributed by atoms with Gasteiger partial charge >= 0.3 is 0 Å². The van der Waals surface area contributed by atoms with E-state index in [1.807, 2.05) is 0 Å². The third-order valence-corrected chi connectivity index (χ3v) is 8.50. The second-order valence-electron chi connectivity index (χ2n) is 8.59. The molecule has 0 radical (unpaired) electrons. The van der Waals surface area contributed by atoms with E-state index in [2.05, 4.69) is 29.2 Å². The topological polar surface area (TPSA) is 91.7 Å². The van der Waals surface area contributed by atoms with Crippen LogP contribution in [0, 0.1) is 18.8 Å². The Balaban J connectivity index is 1.44. The van der Waals surface area contributed by atoms with E-state index in [4.69, 9.17) is 9.15 Å². The van der Waals surface area contributed by atoms with Gasteiger partial charge in [-0.3, -0.25) is 5.10 Å². The monoisotopic (exact) mass is 406 g/mol. The van der Waals surface area contributed by atoms with Gasteiger partial charge in [0.2, 0.25) is 10.0 Å². The Morgan fingerprint density at radius 2 is 2.25 bits per heavy atom. The van der Waals surface area contributed by atoms with Crippen molar-refractivity contribution in [3.63, 3.8) is 0 Å². The summed E-state index contributed by atoms with van der Waals surface area (Å²) in [7, 11) is 0.475. The van der Waals surface area contributed by atoms with Gasteiger partial charge < -0.3 is 14.1 Å². The smallest absolute Gasteiger partial charge is 0.246 e. The second-order valence-corrected chi connectivity index (χ2v) is 10.5. The summed E-state index contributed by atoms with van der Waals surface area (Å²) in [5.41, 5.74) is 0.344. The van der Waals surface area contributed by atoms with E-state index in [0.717, 1.165) is 19.4 Å². The predicted octanol–water partition coefficient (Wildman–Crippen LogP) is 1.71. The van der Waals surface area contributed by atoms with Gasteiger partial charge in [-0.2, -0.15) is 9.40 Å². The van der Waals surface area contributed by atoms with E-state index in [1.54, 1.807) is 29.6 Å². The standard InChI is InChI=1S/C19H26N4O4S/c1-12-18(8-17(26-12)15-5-7-20-21-15)28(24,25)23-10-14-13(9-22(2)3)16-4-6-19(14,11-23)27-16/h5,7-8,13-14,16H,4,6,9-11H2,1-3H3,(H,20,21)/t13-,14+,16+,19+/m0/s1. The third-order valence-electron chi connectivity index (χ3n) is 6.58. The second kappa shape index (κ2) is 6.16. The van der Waals surface area contributed by atoms with Crippen molar-refractivity contribution in [1.29, 1.82) is 0 Å². The van der Waals surface area contributed by atoms with Gasteiger partial charge in [-0.05, 0) is 39.9 Å². The zero-order chi connectivity index (χ0) is 19.7. The number of aromatic nitrogens is 2. The van der Waals surface area contributed by atoms with E-state index < -0.39 is 10.0 Å². The molecule has 0 aromatic carbocycles. The van der Waals surface area contributed by atoms with Crippen molar-refractivity contribution in [1.82, 2.24) is 19.4 Å². The molecule has 5 heterocycles. The van der Waals surface area contributed by atoms with Crippen LogP contribution in [0.3, 0.4) is 0 Å². The Labute approximate surface area is 164 Å². The zero-order valence-corrected chi connectivity index (χ0v) is 17.2. The number of rotatable bonds is 5. The van der Waals surface area contributed by atoms with Crippen LogP contribution >= 0.6 is 0 Å². The normalized spacial score (nSPS) is 32.5. The predicted molar refractivity (Wildman–Crippen MR) is 102 cm³/mol. The summed E-state index contributed by atoms with van der Waals surface area (Å²) in [4.78, 5) is 2.41. The molecule has 2 aromatic heterocycles. The van der Waals surface area contributed by atoms with Crippen LogP contribution in [0.25, 0.3) is 11.5 Å². The van der Waals surface area contributed by atoms with E-state index in [0.29, 0.717) is 36.2 Å². The lowest BCUT2D eigenvalue weighted by Gasteiger charge is -2.31. The number of sulfonamides is 1. The highest BCUT2D eigenvalue weighted by Crippen LogP contribution is 2.55. The lowest BCUT2D eigenvalue weighted by atomic mass is 9.73. The van der Waals surface area contributed by atoms with Crippen LogP contribution in [-0.2, 0) is 14.8 Å². The van der Waals surface area contributed by atoms with E-state index >= 15 is 0 Å². The summed E-state index contributed by atoms with van der Waals surface area (Å²) in [5.74, 6) is 1.51. The van der Waals surface area contributed by atoms with Crippen LogP contribution in [0.15, 0.2) is 27.6 Å². The molecule has 3 fully saturated rings. The molecule has 0 aliphatic carbocycles. The largest absolute Gasteiger partial charge is 0.458 e. The van der Waals surface area contributed by atoms with Crippen LogP contribution in [0.5, 0.6) is 0 Å². The highest BCUT2D eigenvalue weighted by molar-refractivity contribution is 7.89. The first-order valence-corrected chi connectivity index (χ1v) is 11.2. The van der Waals surface area contributed by atoms with Crippen molar-refractivity contribution in [2.75, 3.05) is 33.7 Å². The zero-order valence-electron chi connectivity index (χ0n) is 16.4. The van der Waals surface area contributed by atoms with Crippen LogP contribution in [-0.4, -0.2) is 73.3 Å². The minimum absolute atomic E-state index is 0.229. The first kappa shape index (κ1) is 18.4. The van der Waals surface area contributed by atoms with Gasteiger partial charge in [-0.15, -0.1) is 0 Å². The molecular weight excluding hydrogens is 380 g/mol. The maximum atomic E-state index is 13.4. The molecular formula is C19H26N4O4S. The van der Waals surface area contributed by atoms with Gasteiger partial charge in [-0.1, -0.05) is 0 Å². The number of ether oxygens (including phenoxy) is 1. The first-order chi connectivity index (χ1) is 13.3. The molecule has 8 nitrogen and oxygen atoms in total. The lowest BCUT2D eigenvalue weighted by molar-refractivity contribution is 0.00738. The minimum atomic E-state index is -3.65. The number of nitrogens with zero attached hydrogens (tertiary/aromatic N) is 3. The van der Waals surface area contributed by atoms with Crippen molar-refractivity contribution in [3.8, 4) is 11.5 Å². The fourth-order valence-electron chi connectivity index (χ4n) is 5.38. The molecule has 0 saturated carbocycles. The summed E-state index contributed by atoms with van der Waals surface area (Å²) < 4.78 is 40.6. The number of aryl methyl sites for hydroxylation is 1. The van der Waals surface area contributed by atoms with Crippen molar-refractivity contribution in [3.05, 3.63) is 24.1 Å². The molecule has 3 aliphatic rings. The molecule has 152 valence electrons. The maximum Gasteiger partial charge on any atom is 0.246 e. The highest BCUT2D eigenvalue weighted by atomic mass is 32.2. The van der Waals surface area contributed by atoms with Crippen LogP contribution in [0.2, 0.25) is 0 Å². The summed E-state index contributed by atoms with van der Waals surface area (Å²) >= 11 is 0. The summed E-state index contributed by atoms with van der Waals surface area (Å²) in [6.45, 7) is 3.57. The highest BCUT2D eigenvalue weighted by Gasteiger charge is 2.64.